The molecule has 0 bridgehead atoms. The highest BCUT2D eigenvalue weighted by molar-refractivity contribution is 6.28. The smallest absolute Gasteiger partial charge is 0.311 e. The highest BCUT2D eigenvalue weighted by atomic mass is 16.4. The summed E-state index contributed by atoms with van der Waals surface area (Å²) >= 11 is 0. The summed E-state index contributed by atoms with van der Waals surface area (Å²) < 4.78 is 0. The first-order valence-corrected chi connectivity index (χ1v) is 6.25. The van der Waals surface area contributed by atoms with Crippen LogP contribution in [0.5, 0.6) is 0 Å². The number of carboxylic acids is 1. The van der Waals surface area contributed by atoms with E-state index in [1.54, 1.807) is 24.3 Å². The van der Waals surface area contributed by atoms with Gasteiger partial charge in [-0.15, -0.1) is 0 Å². The van der Waals surface area contributed by atoms with Crippen LogP contribution in [-0.4, -0.2) is 22.6 Å². The Bertz CT molecular complexity index is 639. The minimum Gasteiger partial charge on any atom is -0.481 e. The summed E-state index contributed by atoms with van der Waals surface area (Å²) in [6.45, 7) is 0. The van der Waals surface area contributed by atoms with E-state index in [0.717, 1.165) is 0 Å². The molecule has 2 aliphatic rings. The van der Waals surface area contributed by atoms with Crippen LogP contribution in [0.4, 0.5) is 0 Å². The molecule has 0 spiro atoms. The van der Waals surface area contributed by atoms with Gasteiger partial charge in [0.15, 0.2) is 11.6 Å². The number of fused-ring (bicyclic) bond motifs is 1. The fourth-order valence-electron chi connectivity index (χ4n) is 2.94. The molecule has 1 N–H and O–H groups in total. The fraction of sp³-hybridized carbons (Fsp3) is 0.267. The molecule has 0 aromatic heterocycles. The zero-order chi connectivity index (χ0) is 13.6. The van der Waals surface area contributed by atoms with E-state index in [1.807, 2.05) is 0 Å². The molecule has 1 aromatic carbocycles. The summed E-state index contributed by atoms with van der Waals surface area (Å²) in [6.07, 6.45) is 1.56. The molecule has 0 fully saturated rings. The quantitative estimate of drug-likeness (QED) is 0.836. The first-order valence-electron chi connectivity index (χ1n) is 6.25. The first kappa shape index (κ1) is 11.8. The van der Waals surface area contributed by atoms with E-state index in [1.165, 1.54) is 0 Å². The molecule has 19 heavy (non-hydrogen) atoms. The molecule has 0 saturated carbocycles. The van der Waals surface area contributed by atoms with E-state index in [-0.39, 0.29) is 17.1 Å². The summed E-state index contributed by atoms with van der Waals surface area (Å²) in [5, 5.41) is 9.23. The zero-order valence-corrected chi connectivity index (χ0v) is 10.2. The highest BCUT2D eigenvalue weighted by Gasteiger charge is 2.40. The van der Waals surface area contributed by atoms with E-state index in [4.69, 9.17) is 0 Å². The third-order valence-corrected chi connectivity index (χ3v) is 3.83. The van der Waals surface area contributed by atoms with E-state index in [0.29, 0.717) is 36.0 Å². The van der Waals surface area contributed by atoms with Gasteiger partial charge in [0, 0.05) is 22.3 Å². The number of Topliss-reactive ketones (excluding diaryl/α,β-unsaturated/α-hetero) is 2. The molecular weight excluding hydrogens is 244 g/mol. The van der Waals surface area contributed by atoms with Crippen molar-refractivity contribution in [3.63, 3.8) is 0 Å². The Morgan fingerprint density at radius 1 is 1.11 bits per heavy atom. The van der Waals surface area contributed by atoms with E-state index < -0.39 is 11.9 Å². The summed E-state index contributed by atoms with van der Waals surface area (Å²) in [6, 6.07) is 6.62. The molecule has 0 radical (unpaired) electrons. The zero-order valence-electron chi connectivity index (χ0n) is 10.2. The van der Waals surface area contributed by atoms with Crippen molar-refractivity contribution in [3.8, 4) is 0 Å². The van der Waals surface area contributed by atoms with Crippen LogP contribution in [0.3, 0.4) is 0 Å². The third kappa shape index (κ3) is 1.63. The number of benzene rings is 1. The van der Waals surface area contributed by atoms with Crippen molar-refractivity contribution in [1.82, 2.24) is 0 Å². The van der Waals surface area contributed by atoms with Crippen LogP contribution in [0, 0.1) is 5.92 Å². The lowest BCUT2D eigenvalue weighted by Gasteiger charge is -2.28. The van der Waals surface area contributed by atoms with Crippen LogP contribution in [-0.2, 0) is 4.79 Å². The third-order valence-electron chi connectivity index (χ3n) is 3.83. The predicted molar refractivity (Wildman–Crippen MR) is 67.1 cm³/mol. The molecule has 0 heterocycles. The molecule has 2 aliphatic carbocycles. The Labute approximate surface area is 109 Å². The van der Waals surface area contributed by atoms with Crippen molar-refractivity contribution in [3.05, 3.63) is 46.5 Å². The molecule has 1 atom stereocenters. The molecular formula is C15H12O4. The van der Waals surface area contributed by atoms with Crippen LogP contribution < -0.4 is 0 Å². The van der Waals surface area contributed by atoms with Gasteiger partial charge in [0.1, 0.15) is 0 Å². The second kappa shape index (κ2) is 4.16. The minimum atomic E-state index is -1.02. The SMILES string of the molecule is O=C1C2=C(C(=O)c3ccccc31)C(C(=O)O)CCC2. The van der Waals surface area contributed by atoms with Crippen molar-refractivity contribution in [2.45, 2.75) is 19.3 Å². The molecule has 4 heteroatoms. The van der Waals surface area contributed by atoms with Gasteiger partial charge in [0.05, 0.1) is 5.92 Å². The van der Waals surface area contributed by atoms with Gasteiger partial charge < -0.3 is 5.11 Å². The Balaban J connectivity index is 2.21. The first-order chi connectivity index (χ1) is 9.11. The molecule has 3 rings (SSSR count). The number of allylic oxidation sites excluding steroid dienone is 1. The Hall–Kier alpha value is -2.23. The Kier molecular flexibility index (Phi) is 2.59. The maximum absolute atomic E-state index is 12.4. The number of hydrogen-bond donors (Lipinski definition) is 1. The Morgan fingerprint density at radius 3 is 2.37 bits per heavy atom. The fourth-order valence-corrected chi connectivity index (χ4v) is 2.94. The van der Waals surface area contributed by atoms with Crippen molar-refractivity contribution in [2.75, 3.05) is 0 Å². The van der Waals surface area contributed by atoms with Gasteiger partial charge >= 0.3 is 5.97 Å². The maximum atomic E-state index is 12.4. The van der Waals surface area contributed by atoms with Crippen molar-refractivity contribution < 1.29 is 19.5 Å². The van der Waals surface area contributed by atoms with E-state index in [2.05, 4.69) is 0 Å². The van der Waals surface area contributed by atoms with Crippen LogP contribution in [0.2, 0.25) is 0 Å². The maximum Gasteiger partial charge on any atom is 0.311 e. The summed E-state index contributed by atoms with van der Waals surface area (Å²) in [5.41, 5.74) is 1.35. The van der Waals surface area contributed by atoms with Gasteiger partial charge in [-0.1, -0.05) is 24.3 Å². The summed E-state index contributed by atoms with van der Waals surface area (Å²) in [7, 11) is 0. The predicted octanol–water partition coefficient (Wildman–Crippen LogP) is 2.25. The number of carbonyl (C=O) groups excluding carboxylic acids is 2. The van der Waals surface area contributed by atoms with Gasteiger partial charge in [-0.3, -0.25) is 14.4 Å². The lowest BCUT2D eigenvalue weighted by molar-refractivity contribution is -0.140. The minimum absolute atomic E-state index is 0.184. The number of carboxylic acid groups (broad SMARTS) is 1. The van der Waals surface area contributed by atoms with E-state index in [9.17, 15) is 19.5 Å². The summed E-state index contributed by atoms with van der Waals surface area (Å²) in [5.74, 6) is -2.34. The van der Waals surface area contributed by atoms with Gasteiger partial charge in [-0.25, -0.2) is 0 Å². The van der Waals surface area contributed by atoms with Crippen LogP contribution in [0.15, 0.2) is 35.4 Å². The average molecular weight is 256 g/mol. The summed E-state index contributed by atoms with van der Waals surface area (Å²) in [4.78, 5) is 36.1. The number of hydrogen-bond acceptors (Lipinski definition) is 3. The lowest BCUT2D eigenvalue weighted by atomic mass is 9.72. The number of ketones is 2. The van der Waals surface area contributed by atoms with Crippen molar-refractivity contribution >= 4 is 17.5 Å². The molecule has 96 valence electrons. The largest absolute Gasteiger partial charge is 0.481 e. The van der Waals surface area contributed by atoms with Gasteiger partial charge in [-0.2, -0.15) is 0 Å². The van der Waals surface area contributed by atoms with E-state index >= 15 is 0 Å². The highest BCUT2D eigenvalue weighted by Crippen LogP contribution is 2.38. The average Bonchev–Trinajstić information content (AvgIpc) is 2.44. The number of carbonyl (C=O) groups is 3. The van der Waals surface area contributed by atoms with Crippen LogP contribution >= 0.6 is 0 Å². The number of rotatable bonds is 1. The standard InChI is InChI=1S/C15H12O4/c16-13-8-4-1-2-5-9(8)14(17)12-10(13)6-3-7-11(12)15(18)19/h1-2,4-5,11H,3,6-7H2,(H,18,19). The van der Waals surface area contributed by atoms with Gasteiger partial charge in [-0.05, 0) is 19.3 Å². The molecule has 0 aliphatic heterocycles. The second-order valence-electron chi connectivity index (χ2n) is 4.88. The Morgan fingerprint density at radius 2 is 1.74 bits per heavy atom. The van der Waals surface area contributed by atoms with Gasteiger partial charge in [0.25, 0.3) is 0 Å². The molecule has 1 unspecified atom stereocenters. The lowest BCUT2D eigenvalue weighted by Crippen LogP contribution is -2.32. The molecule has 1 aromatic rings. The van der Waals surface area contributed by atoms with Gasteiger partial charge in [0.2, 0.25) is 0 Å². The normalized spacial score (nSPS) is 22.0. The van der Waals surface area contributed by atoms with Crippen molar-refractivity contribution in [2.24, 2.45) is 5.92 Å². The molecule has 0 amide bonds. The monoisotopic (exact) mass is 256 g/mol. The van der Waals surface area contributed by atoms with Crippen molar-refractivity contribution in [1.29, 1.82) is 0 Å². The van der Waals surface area contributed by atoms with Crippen LogP contribution in [0.25, 0.3) is 0 Å². The number of aliphatic carboxylic acids is 1. The second-order valence-corrected chi connectivity index (χ2v) is 4.88. The van der Waals surface area contributed by atoms with Crippen LogP contribution in [0.1, 0.15) is 40.0 Å². The molecule has 4 nitrogen and oxygen atoms in total. The topological polar surface area (TPSA) is 71.4 Å². The molecule has 0 saturated heterocycles.